The Morgan fingerprint density at radius 2 is 1.91 bits per heavy atom. The summed E-state index contributed by atoms with van der Waals surface area (Å²) in [6.45, 7) is 3.48. The van der Waals surface area contributed by atoms with Crippen molar-refractivity contribution < 1.29 is 4.74 Å². The van der Waals surface area contributed by atoms with Gasteiger partial charge in [0.1, 0.15) is 0 Å². The average molecular weight is 154 g/mol. The Kier molecular flexibility index (Phi) is 1.92. The van der Waals surface area contributed by atoms with Crippen LogP contribution in [0.1, 0.15) is 45.4 Å². The molecule has 1 nitrogen and oxygen atoms in total. The van der Waals surface area contributed by atoms with E-state index >= 15 is 0 Å². The highest BCUT2D eigenvalue weighted by Crippen LogP contribution is 2.41. The Balaban J connectivity index is 1.84. The summed E-state index contributed by atoms with van der Waals surface area (Å²) >= 11 is 0. The van der Waals surface area contributed by atoms with Crippen LogP contribution in [0.15, 0.2) is 0 Å². The van der Waals surface area contributed by atoms with Crippen molar-refractivity contribution in [3.05, 3.63) is 0 Å². The lowest BCUT2D eigenvalue weighted by Crippen LogP contribution is -2.21. The maximum atomic E-state index is 5.28. The molecule has 0 spiro atoms. The Hall–Kier alpha value is -0.0400. The van der Waals surface area contributed by atoms with Crippen molar-refractivity contribution >= 4 is 0 Å². The molecule has 0 radical (unpaired) electrons. The van der Waals surface area contributed by atoms with Crippen molar-refractivity contribution in [1.29, 1.82) is 0 Å². The predicted octanol–water partition coefficient (Wildman–Crippen LogP) is 2.75. The van der Waals surface area contributed by atoms with E-state index in [1.807, 2.05) is 0 Å². The van der Waals surface area contributed by atoms with Crippen molar-refractivity contribution in [2.24, 2.45) is 5.41 Å². The van der Waals surface area contributed by atoms with Gasteiger partial charge < -0.3 is 4.74 Å². The molecule has 0 bridgehead atoms. The van der Waals surface area contributed by atoms with Gasteiger partial charge in [0.2, 0.25) is 0 Å². The third-order valence-corrected chi connectivity index (χ3v) is 3.18. The van der Waals surface area contributed by atoms with Crippen LogP contribution >= 0.6 is 0 Å². The molecule has 1 aliphatic carbocycles. The summed E-state index contributed by atoms with van der Waals surface area (Å²) in [4.78, 5) is 0. The van der Waals surface area contributed by atoms with Crippen molar-refractivity contribution in [3.63, 3.8) is 0 Å². The summed E-state index contributed by atoms with van der Waals surface area (Å²) in [7, 11) is 0. The second kappa shape index (κ2) is 2.78. The smallest absolute Gasteiger partial charge is 0.0815 e. The third kappa shape index (κ3) is 1.96. The standard InChI is InChI=1S/C10H18O/c1-10(7-9-8-11-9)5-3-2-4-6-10/h9H,2-8H2,1H3. The van der Waals surface area contributed by atoms with Gasteiger partial charge in [0.15, 0.2) is 0 Å². The summed E-state index contributed by atoms with van der Waals surface area (Å²) in [5.41, 5.74) is 0.638. The zero-order valence-corrected chi connectivity index (χ0v) is 7.44. The Morgan fingerprint density at radius 1 is 1.27 bits per heavy atom. The first-order valence-corrected chi connectivity index (χ1v) is 4.90. The van der Waals surface area contributed by atoms with Crippen LogP contribution in [-0.4, -0.2) is 12.7 Å². The molecular formula is C10H18O. The molecule has 1 unspecified atom stereocenters. The molecule has 2 fully saturated rings. The van der Waals surface area contributed by atoms with Gasteiger partial charge in [-0.3, -0.25) is 0 Å². The number of rotatable bonds is 2. The minimum absolute atomic E-state index is 0.637. The van der Waals surface area contributed by atoms with Crippen molar-refractivity contribution in [3.8, 4) is 0 Å². The molecule has 0 N–H and O–H groups in total. The van der Waals surface area contributed by atoms with Crippen LogP contribution in [0.2, 0.25) is 0 Å². The fourth-order valence-electron chi connectivity index (χ4n) is 2.34. The molecule has 1 heteroatoms. The van der Waals surface area contributed by atoms with E-state index in [9.17, 15) is 0 Å². The SMILES string of the molecule is CC1(CC2CO2)CCCCC1. The quantitative estimate of drug-likeness (QED) is 0.557. The van der Waals surface area contributed by atoms with E-state index in [1.54, 1.807) is 0 Å². The topological polar surface area (TPSA) is 12.5 Å². The van der Waals surface area contributed by atoms with Gasteiger partial charge in [-0.2, -0.15) is 0 Å². The summed E-state index contributed by atoms with van der Waals surface area (Å²) in [6, 6.07) is 0. The molecule has 0 amide bonds. The van der Waals surface area contributed by atoms with E-state index in [-0.39, 0.29) is 0 Å². The highest BCUT2D eigenvalue weighted by atomic mass is 16.6. The number of hydrogen-bond acceptors (Lipinski definition) is 1. The van der Waals surface area contributed by atoms with Crippen LogP contribution in [0.5, 0.6) is 0 Å². The van der Waals surface area contributed by atoms with E-state index < -0.39 is 0 Å². The predicted molar refractivity (Wildman–Crippen MR) is 45.5 cm³/mol. The number of epoxide rings is 1. The molecule has 64 valence electrons. The summed E-state index contributed by atoms with van der Waals surface area (Å²) in [6.07, 6.45) is 9.19. The lowest BCUT2D eigenvalue weighted by molar-refractivity contribution is 0.178. The maximum Gasteiger partial charge on any atom is 0.0815 e. The Bertz CT molecular complexity index is 132. The van der Waals surface area contributed by atoms with Crippen molar-refractivity contribution in [2.45, 2.75) is 51.6 Å². The molecule has 1 saturated heterocycles. The first-order chi connectivity index (χ1) is 5.29. The van der Waals surface area contributed by atoms with E-state index in [2.05, 4.69) is 6.92 Å². The lowest BCUT2D eigenvalue weighted by atomic mass is 9.73. The molecule has 11 heavy (non-hydrogen) atoms. The minimum atomic E-state index is 0.637. The summed E-state index contributed by atoms with van der Waals surface area (Å²) in [5, 5.41) is 0. The van der Waals surface area contributed by atoms with Crippen LogP contribution in [0.3, 0.4) is 0 Å². The maximum absolute atomic E-state index is 5.28. The Labute approximate surface area is 69.1 Å². The van der Waals surface area contributed by atoms with E-state index in [0.717, 1.165) is 6.61 Å². The van der Waals surface area contributed by atoms with Crippen LogP contribution in [0, 0.1) is 5.41 Å². The van der Waals surface area contributed by atoms with E-state index in [4.69, 9.17) is 4.74 Å². The third-order valence-electron chi connectivity index (χ3n) is 3.18. The summed E-state index contributed by atoms with van der Waals surface area (Å²) < 4.78 is 5.28. The highest BCUT2D eigenvalue weighted by Gasteiger charge is 2.34. The largest absolute Gasteiger partial charge is 0.373 e. The molecule has 0 aromatic heterocycles. The average Bonchev–Trinajstić information content (AvgIpc) is 2.72. The van der Waals surface area contributed by atoms with Gasteiger partial charge in [-0.15, -0.1) is 0 Å². The van der Waals surface area contributed by atoms with Crippen LogP contribution in [-0.2, 0) is 4.74 Å². The van der Waals surface area contributed by atoms with E-state index in [0.29, 0.717) is 11.5 Å². The zero-order valence-electron chi connectivity index (χ0n) is 7.44. The van der Waals surface area contributed by atoms with Crippen molar-refractivity contribution in [1.82, 2.24) is 0 Å². The number of hydrogen-bond donors (Lipinski definition) is 0. The molecule has 1 atom stereocenters. The minimum Gasteiger partial charge on any atom is -0.373 e. The second-order valence-electron chi connectivity index (χ2n) is 4.53. The fourth-order valence-corrected chi connectivity index (χ4v) is 2.34. The van der Waals surface area contributed by atoms with Gasteiger partial charge in [-0.25, -0.2) is 0 Å². The Morgan fingerprint density at radius 3 is 2.45 bits per heavy atom. The van der Waals surface area contributed by atoms with E-state index in [1.165, 1.54) is 38.5 Å². The fraction of sp³-hybridized carbons (Fsp3) is 1.00. The molecule has 0 aromatic rings. The second-order valence-corrected chi connectivity index (χ2v) is 4.53. The summed E-state index contributed by atoms with van der Waals surface area (Å²) in [5.74, 6) is 0. The molecular weight excluding hydrogens is 136 g/mol. The van der Waals surface area contributed by atoms with Gasteiger partial charge in [-0.05, 0) is 24.7 Å². The van der Waals surface area contributed by atoms with Crippen LogP contribution in [0.4, 0.5) is 0 Å². The molecule has 1 heterocycles. The van der Waals surface area contributed by atoms with Gasteiger partial charge in [-0.1, -0.05) is 26.2 Å². The zero-order chi connectivity index (χ0) is 7.73. The van der Waals surface area contributed by atoms with Gasteiger partial charge in [0.25, 0.3) is 0 Å². The monoisotopic (exact) mass is 154 g/mol. The first kappa shape index (κ1) is 7.60. The molecule has 2 rings (SSSR count). The highest BCUT2D eigenvalue weighted by molar-refractivity contribution is 4.85. The van der Waals surface area contributed by atoms with Gasteiger partial charge >= 0.3 is 0 Å². The lowest BCUT2D eigenvalue weighted by Gasteiger charge is -2.32. The van der Waals surface area contributed by atoms with Gasteiger partial charge in [0, 0.05) is 0 Å². The number of ether oxygens (including phenoxy) is 1. The molecule has 1 aliphatic heterocycles. The van der Waals surface area contributed by atoms with Crippen molar-refractivity contribution in [2.75, 3.05) is 6.61 Å². The van der Waals surface area contributed by atoms with Gasteiger partial charge in [0.05, 0.1) is 12.7 Å². The normalized spacial score (nSPS) is 35.2. The van der Waals surface area contributed by atoms with Crippen LogP contribution < -0.4 is 0 Å². The molecule has 0 aromatic carbocycles. The van der Waals surface area contributed by atoms with Crippen LogP contribution in [0.25, 0.3) is 0 Å². The molecule has 1 saturated carbocycles. The molecule has 2 aliphatic rings. The first-order valence-electron chi connectivity index (χ1n) is 4.90.